The van der Waals surface area contributed by atoms with E-state index in [9.17, 15) is 4.79 Å². The van der Waals surface area contributed by atoms with Crippen LogP contribution in [-0.2, 0) is 11.2 Å². The van der Waals surface area contributed by atoms with Gasteiger partial charge in [0.1, 0.15) is 5.78 Å². The molecular weight excluding hydrogens is 232 g/mol. The van der Waals surface area contributed by atoms with E-state index in [4.69, 9.17) is 0 Å². The Labute approximate surface area is 117 Å². The molecule has 1 aromatic carbocycles. The van der Waals surface area contributed by atoms with Gasteiger partial charge in [0.2, 0.25) is 0 Å². The Hall–Kier alpha value is -1.11. The molecule has 1 aliphatic carbocycles. The summed E-state index contributed by atoms with van der Waals surface area (Å²) in [5, 5.41) is 0. The number of Topliss-reactive ketones (excluding diaryl/α,β-unsaturated/α-hetero) is 1. The molecule has 0 aliphatic heterocycles. The molecule has 1 atom stereocenters. The Bertz CT molecular complexity index is 376. The van der Waals surface area contributed by atoms with Crippen LogP contribution >= 0.6 is 0 Å². The maximum atomic E-state index is 12.7. The van der Waals surface area contributed by atoms with Gasteiger partial charge in [-0.3, -0.25) is 4.79 Å². The third-order valence-electron chi connectivity index (χ3n) is 4.39. The summed E-state index contributed by atoms with van der Waals surface area (Å²) in [6, 6.07) is 10.5. The molecule has 1 aromatic rings. The van der Waals surface area contributed by atoms with Crippen LogP contribution in [0, 0.1) is 11.8 Å². The van der Waals surface area contributed by atoms with Crippen LogP contribution in [0.25, 0.3) is 0 Å². The number of carbonyl (C=O) groups is 1. The number of benzene rings is 1. The van der Waals surface area contributed by atoms with E-state index in [1.165, 1.54) is 31.2 Å². The molecule has 19 heavy (non-hydrogen) atoms. The quantitative estimate of drug-likeness (QED) is 0.687. The van der Waals surface area contributed by atoms with Crippen molar-refractivity contribution in [3.63, 3.8) is 0 Å². The van der Waals surface area contributed by atoms with Gasteiger partial charge in [0.05, 0.1) is 0 Å². The smallest absolute Gasteiger partial charge is 0.139 e. The Morgan fingerprint density at radius 2 is 1.89 bits per heavy atom. The van der Waals surface area contributed by atoms with Crippen LogP contribution in [-0.4, -0.2) is 5.78 Å². The normalized spacial score (nSPS) is 17.5. The molecule has 2 rings (SSSR count). The molecule has 1 fully saturated rings. The largest absolute Gasteiger partial charge is 0.299 e. The third kappa shape index (κ3) is 4.19. The zero-order valence-electron chi connectivity index (χ0n) is 12.1. The SMILES string of the molecule is CCCCC(Cc1ccccc1)C(=O)C1CCCC1. The number of rotatable bonds is 7. The number of carbonyl (C=O) groups excluding carboxylic acids is 1. The van der Waals surface area contributed by atoms with Gasteiger partial charge in [0, 0.05) is 11.8 Å². The van der Waals surface area contributed by atoms with Gasteiger partial charge in [-0.25, -0.2) is 0 Å². The summed E-state index contributed by atoms with van der Waals surface area (Å²) in [5.41, 5.74) is 1.31. The van der Waals surface area contributed by atoms with Crippen molar-refractivity contribution in [2.24, 2.45) is 11.8 Å². The van der Waals surface area contributed by atoms with E-state index in [0.29, 0.717) is 11.7 Å². The molecule has 0 amide bonds. The minimum absolute atomic E-state index is 0.255. The van der Waals surface area contributed by atoms with Crippen LogP contribution in [0.5, 0.6) is 0 Å². The first-order valence-corrected chi connectivity index (χ1v) is 7.89. The fraction of sp³-hybridized carbons (Fsp3) is 0.611. The van der Waals surface area contributed by atoms with E-state index < -0.39 is 0 Å². The highest BCUT2D eigenvalue weighted by Crippen LogP contribution is 2.30. The van der Waals surface area contributed by atoms with Gasteiger partial charge in [-0.15, -0.1) is 0 Å². The Morgan fingerprint density at radius 3 is 2.53 bits per heavy atom. The Kier molecular flexibility index (Phi) is 5.62. The molecule has 0 radical (unpaired) electrons. The molecule has 1 saturated carbocycles. The fourth-order valence-electron chi connectivity index (χ4n) is 3.24. The molecule has 0 spiro atoms. The van der Waals surface area contributed by atoms with Gasteiger partial charge in [0.15, 0.2) is 0 Å². The summed E-state index contributed by atoms with van der Waals surface area (Å²) >= 11 is 0. The Morgan fingerprint density at radius 1 is 1.21 bits per heavy atom. The van der Waals surface area contributed by atoms with E-state index in [1.807, 2.05) is 6.07 Å². The van der Waals surface area contributed by atoms with Gasteiger partial charge < -0.3 is 0 Å². The summed E-state index contributed by atoms with van der Waals surface area (Å²) in [4.78, 5) is 12.7. The fourth-order valence-corrected chi connectivity index (χ4v) is 3.24. The molecule has 1 heteroatoms. The summed E-state index contributed by atoms with van der Waals surface area (Å²) in [6.45, 7) is 2.21. The van der Waals surface area contributed by atoms with Gasteiger partial charge >= 0.3 is 0 Å². The molecule has 0 N–H and O–H groups in total. The van der Waals surface area contributed by atoms with Crippen LogP contribution in [0.3, 0.4) is 0 Å². The number of unbranched alkanes of at least 4 members (excludes halogenated alkanes) is 1. The van der Waals surface area contributed by atoms with Crippen molar-refractivity contribution < 1.29 is 4.79 Å². The third-order valence-corrected chi connectivity index (χ3v) is 4.39. The van der Waals surface area contributed by atoms with E-state index >= 15 is 0 Å². The standard InChI is InChI=1S/C18H26O/c1-2-3-11-17(14-15-9-5-4-6-10-15)18(19)16-12-7-8-13-16/h4-6,9-10,16-17H,2-3,7-8,11-14H2,1H3. The molecular formula is C18H26O. The maximum Gasteiger partial charge on any atom is 0.139 e. The van der Waals surface area contributed by atoms with Crippen molar-refractivity contribution in [2.75, 3.05) is 0 Å². The lowest BCUT2D eigenvalue weighted by molar-refractivity contribution is -0.126. The first-order chi connectivity index (χ1) is 9.31. The van der Waals surface area contributed by atoms with Crippen molar-refractivity contribution in [3.05, 3.63) is 35.9 Å². The second kappa shape index (κ2) is 7.47. The maximum absolute atomic E-state index is 12.7. The van der Waals surface area contributed by atoms with Crippen LogP contribution < -0.4 is 0 Å². The molecule has 0 bridgehead atoms. The minimum Gasteiger partial charge on any atom is -0.299 e. The van der Waals surface area contributed by atoms with E-state index in [-0.39, 0.29) is 5.92 Å². The summed E-state index contributed by atoms with van der Waals surface area (Å²) in [5.74, 6) is 1.17. The number of hydrogen-bond acceptors (Lipinski definition) is 1. The highest BCUT2D eigenvalue weighted by molar-refractivity contribution is 5.83. The average Bonchev–Trinajstić information content (AvgIpc) is 2.98. The van der Waals surface area contributed by atoms with Crippen molar-refractivity contribution >= 4 is 5.78 Å². The second-order valence-corrected chi connectivity index (χ2v) is 5.91. The first kappa shape index (κ1) is 14.3. The lowest BCUT2D eigenvalue weighted by Gasteiger charge is -2.19. The van der Waals surface area contributed by atoms with Crippen molar-refractivity contribution in [2.45, 2.75) is 58.3 Å². The minimum atomic E-state index is 0.255. The highest BCUT2D eigenvalue weighted by atomic mass is 16.1. The van der Waals surface area contributed by atoms with Crippen LogP contribution in [0.1, 0.15) is 57.4 Å². The Balaban J connectivity index is 2.00. The lowest BCUT2D eigenvalue weighted by Crippen LogP contribution is -2.23. The predicted octanol–water partition coefficient (Wildman–Crippen LogP) is 4.79. The van der Waals surface area contributed by atoms with Gasteiger partial charge in [-0.2, -0.15) is 0 Å². The summed E-state index contributed by atoms with van der Waals surface area (Å²) in [7, 11) is 0. The number of hydrogen-bond donors (Lipinski definition) is 0. The molecule has 0 aromatic heterocycles. The molecule has 0 saturated heterocycles. The van der Waals surface area contributed by atoms with Crippen LogP contribution in [0.2, 0.25) is 0 Å². The predicted molar refractivity (Wildman–Crippen MR) is 80.1 cm³/mol. The van der Waals surface area contributed by atoms with Gasteiger partial charge in [-0.1, -0.05) is 62.9 Å². The average molecular weight is 258 g/mol. The topological polar surface area (TPSA) is 17.1 Å². The van der Waals surface area contributed by atoms with Crippen LogP contribution in [0.15, 0.2) is 30.3 Å². The van der Waals surface area contributed by atoms with E-state index in [2.05, 4.69) is 31.2 Å². The van der Waals surface area contributed by atoms with Crippen molar-refractivity contribution in [3.8, 4) is 0 Å². The summed E-state index contributed by atoms with van der Waals surface area (Å²) < 4.78 is 0. The highest BCUT2D eigenvalue weighted by Gasteiger charge is 2.28. The monoisotopic (exact) mass is 258 g/mol. The number of ketones is 1. The zero-order chi connectivity index (χ0) is 13.5. The molecule has 0 heterocycles. The second-order valence-electron chi connectivity index (χ2n) is 5.91. The van der Waals surface area contributed by atoms with Crippen molar-refractivity contribution in [1.29, 1.82) is 0 Å². The van der Waals surface area contributed by atoms with Gasteiger partial charge in [-0.05, 0) is 31.2 Å². The van der Waals surface area contributed by atoms with Crippen LogP contribution in [0.4, 0.5) is 0 Å². The summed E-state index contributed by atoms with van der Waals surface area (Å²) in [6.07, 6.45) is 9.15. The molecule has 1 nitrogen and oxygen atoms in total. The first-order valence-electron chi connectivity index (χ1n) is 7.89. The zero-order valence-corrected chi connectivity index (χ0v) is 12.1. The molecule has 1 aliphatic rings. The molecule has 104 valence electrons. The van der Waals surface area contributed by atoms with E-state index in [1.54, 1.807) is 0 Å². The van der Waals surface area contributed by atoms with Gasteiger partial charge in [0.25, 0.3) is 0 Å². The van der Waals surface area contributed by atoms with E-state index in [0.717, 1.165) is 25.7 Å². The molecule has 1 unspecified atom stereocenters. The van der Waals surface area contributed by atoms with Crippen molar-refractivity contribution in [1.82, 2.24) is 0 Å². The lowest BCUT2D eigenvalue weighted by atomic mass is 9.84.